The number of anilines is 5. The summed E-state index contributed by atoms with van der Waals surface area (Å²) in [5.41, 5.74) is -2.94. The second kappa shape index (κ2) is 11.0. The molecule has 0 bridgehead atoms. The summed E-state index contributed by atoms with van der Waals surface area (Å²) in [4.78, 5) is 25.7. The molecular weight excluding hydrogens is 528 g/mol. The molecule has 2 aromatic carbocycles. The number of halogens is 6. The third-order valence-corrected chi connectivity index (χ3v) is 5.89. The quantitative estimate of drug-likeness (QED) is 0.338. The van der Waals surface area contributed by atoms with Crippen LogP contribution in [-0.2, 0) is 12.4 Å². The number of nitrogens with one attached hydrogen (secondary N) is 3. The van der Waals surface area contributed by atoms with E-state index in [9.17, 15) is 31.1 Å². The lowest BCUT2D eigenvalue weighted by molar-refractivity contribution is -0.143. The summed E-state index contributed by atoms with van der Waals surface area (Å²) in [5, 5.41) is 7.59. The number of nitrogens with zero attached hydrogens (tertiary/aromatic N) is 4. The number of urea groups is 1. The van der Waals surface area contributed by atoms with Crippen molar-refractivity contribution in [2.75, 3.05) is 54.1 Å². The SMILES string of the molecule is Cc1nc(Nc2cccc(NC(=O)Nc3cc(C(F)(F)F)cc(C(F)(F)F)c3)c2)cc(N2CCN(C)CC2)n1. The highest BCUT2D eigenvalue weighted by Crippen LogP contribution is 2.37. The number of carbonyl (C=O) groups is 1. The lowest BCUT2D eigenvalue weighted by Crippen LogP contribution is -2.44. The van der Waals surface area contributed by atoms with Gasteiger partial charge in [0.25, 0.3) is 0 Å². The number of aromatic nitrogens is 2. The van der Waals surface area contributed by atoms with Crippen molar-refractivity contribution < 1.29 is 31.1 Å². The maximum Gasteiger partial charge on any atom is 0.416 e. The molecule has 14 heteroatoms. The zero-order chi connectivity index (χ0) is 28.4. The second-order valence-electron chi connectivity index (χ2n) is 9.03. The van der Waals surface area contributed by atoms with Crippen LogP contribution in [0.4, 0.5) is 59.8 Å². The molecule has 208 valence electrons. The Morgan fingerprint density at radius 1 is 0.795 bits per heavy atom. The van der Waals surface area contributed by atoms with Crippen LogP contribution in [0.2, 0.25) is 0 Å². The summed E-state index contributed by atoms with van der Waals surface area (Å²) >= 11 is 0. The van der Waals surface area contributed by atoms with Gasteiger partial charge < -0.3 is 25.8 Å². The van der Waals surface area contributed by atoms with Crippen molar-refractivity contribution in [3.63, 3.8) is 0 Å². The lowest BCUT2D eigenvalue weighted by Gasteiger charge is -2.33. The number of rotatable bonds is 5. The number of alkyl halides is 6. The Kier molecular flexibility index (Phi) is 7.86. The molecule has 2 amide bonds. The molecule has 0 radical (unpaired) electrons. The molecule has 3 N–H and O–H groups in total. The van der Waals surface area contributed by atoms with E-state index in [0.717, 1.165) is 32.0 Å². The van der Waals surface area contributed by atoms with E-state index in [1.54, 1.807) is 31.2 Å². The highest BCUT2D eigenvalue weighted by Gasteiger charge is 2.37. The minimum atomic E-state index is -5.03. The third-order valence-electron chi connectivity index (χ3n) is 5.89. The van der Waals surface area contributed by atoms with Gasteiger partial charge in [0.2, 0.25) is 0 Å². The van der Waals surface area contributed by atoms with Gasteiger partial charge in [-0.25, -0.2) is 14.8 Å². The van der Waals surface area contributed by atoms with Crippen LogP contribution in [0.5, 0.6) is 0 Å². The van der Waals surface area contributed by atoms with Gasteiger partial charge in [0.05, 0.1) is 11.1 Å². The summed E-state index contributed by atoms with van der Waals surface area (Å²) in [5.74, 6) is 1.84. The number of piperazine rings is 1. The lowest BCUT2D eigenvalue weighted by atomic mass is 10.1. The number of amides is 2. The number of hydrogen-bond acceptors (Lipinski definition) is 6. The van der Waals surface area contributed by atoms with Gasteiger partial charge in [-0.3, -0.25) is 0 Å². The summed E-state index contributed by atoms with van der Waals surface area (Å²) in [7, 11) is 2.05. The molecule has 0 atom stereocenters. The Labute approximate surface area is 220 Å². The van der Waals surface area contributed by atoms with Gasteiger partial charge in [-0.15, -0.1) is 0 Å². The fourth-order valence-corrected chi connectivity index (χ4v) is 3.96. The molecule has 0 saturated carbocycles. The van der Waals surface area contributed by atoms with Crippen LogP contribution in [0, 0.1) is 6.92 Å². The van der Waals surface area contributed by atoms with Gasteiger partial charge in [0.1, 0.15) is 17.5 Å². The maximum absolute atomic E-state index is 13.1. The van der Waals surface area contributed by atoms with Crippen LogP contribution in [0.15, 0.2) is 48.5 Å². The molecule has 0 spiro atoms. The first kappa shape index (κ1) is 28.0. The predicted molar refractivity (Wildman–Crippen MR) is 135 cm³/mol. The zero-order valence-corrected chi connectivity index (χ0v) is 20.9. The van der Waals surface area contributed by atoms with Crippen LogP contribution in [0.25, 0.3) is 0 Å². The van der Waals surface area contributed by atoms with Crippen LogP contribution < -0.4 is 20.9 Å². The number of benzene rings is 2. The third kappa shape index (κ3) is 7.50. The largest absolute Gasteiger partial charge is 0.416 e. The smallest absolute Gasteiger partial charge is 0.354 e. The van der Waals surface area contributed by atoms with Gasteiger partial charge in [-0.05, 0) is 50.4 Å². The number of aryl methyl sites for hydroxylation is 1. The van der Waals surface area contributed by atoms with E-state index in [1.165, 1.54) is 6.07 Å². The number of carbonyl (C=O) groups excluding carboxylic acids is 1. The molecule has 8 nitrogen and oxygen atoms in total. The van der Waals surface area contributed by atoms with E-state index in [2.05, 4.69) is 37.4 Å². The summed E-state index contributed by atoms with van der Waals surface area (Å²) in [6.45, 7) is 5.21. The first-order valence-electron chi connectivity index (χ1n) is 11.8. The molecule has 2 heterocycles. The van der Waals surface area contributed by atoms with Gasteiger partial charge >= 0.3 is 18.4 Å². The van der Waals surface area contributed by atoms with E-state index < -0.39 is 35.2 Å². The van der Waals surface area contributed by atoms with Crippen molar-refractivity contribution in [2.24, 2.45) is 0 Å². The standard InChI is InChI=1S/C25H25F6N7O/c1-15-32-21(14-22(33-15)38-8-6-37(2)7-9-38)34-18-4-3-5-19(13-18)35-23(39)36-20-11-16(24(26,27)28)10-17(12-20)25(29,30)31/h3-5,10-14H,6-9H2,1-2H3,(H,32,33,34)(H2,35,36,39). The predicted octanol–water partition coefficient (Wildman–Crippen LogP) is 5.96. The Morgan fingerprint density at radius 3 is 2.00 bits per heavy atom. The molecule has 0 aliphatic carbocycles. The molecule has 39 heavy (non-hydrogen) atoms. The molecule has 0 unspecified atom stereocenters. The van der Waals surface area contributed by atoms with Gasteiger partial charge in [-0.1, -0.05) is 6.07 Å². The monoisotopic (exact) mass is 553 g/mol. The average molecular weight is 554 g/mol. The van der Waals surface area contributed by atoms with Gasteiger partial charge in [0, 0.05) is 49.3 Å². The topological polar surface area (TPSA) is 85.4 Å². The minimum absolute atomic E-state index is 0.0117. The van der Waals surface area contributed by atoms with Crippen molar-refractivity contribution in [2.45, 2.75) is 19.3 Å². The maximum atomic E-state index is 13.1. The molecule has 1 aliphatic heterocycles. The molecular formula is C25H25F6N7O. The Morgan fingerprint density at radius 2 is 1.38 bits per heavy atom. The Balaban J connectivity index is 1.46. The highest BCUT2D eigenvalue weighted by atomic mass is 19.4. The van der Waals surface area contributed by atoms with Crippen molar-refractivity contribution in [3.05, 3.63) is 65.5 Å². The number of hydrogen-bond donors (Lipinski definition) is 3. The van der Waals surface area contributed by atoms with E-state index in [-0.39, 0.29) is 11.8 Å². The van der Waals surface area contributed by atoms with E-state index in [4.69, 9.17) is 0 Å². The normalized spacial score (nSPS) is 14.7. The molecule has 1 fully saturated rings. The zero-order valence-electron chi connectivity index (χ0n) is 20.9. The van der Waals surface area contributed by atoms with Gasteiger partial charge in [-0.2, -0.15) is 26.3 Å². The summed E-state index contributed by atoms with van der Waals surface area (Å²) in [6.07, 6.45) is -10.1. The highest BCUT2D eigenvalue weighted by molar-refractivity contribution is 6.00. The fraction of sp³-hybridized carbons (Fsp3) is 0.320. The van der Waals surface area contributed by atoms with E-state index >= 15 is 0 Å². The van der Waals surface area contributed by atoms with Crippen LogP contribution in [-0.4, -0.2) is 54.1 Å². The Bertz CT molecular complexity index is 1300. The van der Waals surface area contributed by atoms with E-state index in [0.29, 0.717) is 29.5 Å². The fourth-order valence-electron chi connectivity index (χ4n) is 3.96. The number of likely N-dealkylation sites (N-methyl/N-ethyl adjacent to an activating group) is 1. The Hall–Kier alpha value is -4.07. The van der Waals surface area contributed by atoms with Gasteiger partial charge in [0.15, 0.2) is 0 Å². The van der Waals surface area contributed by atoms with Crippen LogP contribution in [0.3, 0.4) is 0 Å². The molecule has 3 aromatic rings. The van der Waals surface area contributed by atoms with Crippen LogP contribution >= 0.6 is 0 Å². The molecule has 1 aromatic heterocycles. The van der Waals surface area contributed by atoms with Crippen molar-refractivity contribution in [1.29, 1.82) is 0 Å². The first-order valence-corrected chi connectivity index (χ1v) is 11.8. The molecule has 4 rings (SSSR count). The van der Waals surface area contributed by atoms with Crippen molar-refractivity contribution >= 4 is 34.7 Å². The first-order chi connectivity index (χ1) is 18.3. The minimum Gasteiger partial charge on any atom is -0.354 e. The second-order valence-corrected chi connectivity index (χ2v) is 9.03. The summed E-state index contributed by atoms with van der Waals surface area (Å²) in [6, 6.07) is 8.01. The van der Waals surface area contributed by atoms with E-state index in [1.807, 2.05) is 5.32 Å². The average Bonchev–Trinajstić information content (AvgIpc) is 2.83. The molecule has 1 aliphatic rings. The van der Waals surface area contributed by atoms with Crippen molar-refractivity contribution in [1.82, 2.24) is 14.9 Å². The van der Waals surface area contributed by atoms with Crippen LogP contribution in [0.1, 0.15) is 17.0 Å². The van der Waals surface area contributed by atoms with Crippen molar-refractivity contribution in [3.8, 4) is 0 Å². The summed E-state index contributed by atoms with van der Waals surface area (Å²) < 4.78 is 78.6. The molecule has 1 saturated heterocycles.